The van der Waals surface area contributed by atoms with Crippen molar-refractivity contribution in [2.24, 2.45) is 0 Å². The summed E-state index contributed by atoms with van der Waals surface area (Å²) in [5.74, 6) is -0.592. The summed E-state index contributed by atoms with van der Waals surface area (Å²) in [6, 6.07) is 9.93. The first kappa shape index (κ1) is 13.0. The first-order valence-corrected chi connectivity index (χ1v) is 8.02. The fraction of sp³-hybridized carbons (Fsp3) is 0. The molecule has 3 rings (SSSR count). The van der Waals surface area contributed by atoms with Crippen LogP contribution in [0.25, 0.3) is 10.2 Å². The number of sulfonamides is 1. The average molecular weight is 308 g/mol. The number of halogens is 1. The molecule has 0 radical (unpaired) electrons. The van der Waals surface area contributed by atoms with E-state index in [4.69, 9.17) is 0 Å². The number of anilines is 1. The second-order valence-corrected chi connectivity index (χ2v) is 6.67. The van der Waals surface area contributed by atoms with Gasteiger partial charge in [0.05, 0.1) is 26.3 Å². The molecule has 1 N–H and O–H groups in total. The van der Waals surface area contributed by atoms with Crippen molar-refractivity contribution in [1.82, 2.24) is 4.98 Å². The lowest BCUT2D eigenvalue weighted by Gasteiger charge is -2.08. The zero-order valence-corrected chi connectivity index (χ0v) is 11.7. The molecule has 0 saturated heterocycles. The van der Waals surface area contributed by atoms with Gasteiger partial charge in [-0.05, 0) is 36.4 Å². The number of nitrogens with one attached hydrogen (secondary N) is 1. The van der Waals surface area contributed by atoms with Crippen LogP contribution in [-0.4, -0.2) is 13.4 Å². The number of benzene rings is 2. The van der Waals surface area contributed by atoms with Gasteiger partial charge in [-0.15, -0.1) is 11.3 Å². The topological polar surface area (TPSA) is 59.1 Å². The molecule has 1 aromatic heterocycles. The van der Waals surface area contributed by atoms with E-state index in [0.29, 0.717) is 5.69 Å². The van der Waals surface area contributed by atoms with E-state index in [2.05, 4.69) is 9.71 Å². The van der Waals surface area contributed by atoms with E-state index >= 15 is 0 Å². The summed E-state index contributed by atoms with van der Waals surface area (Å²) in [7, 11) is -3.79. The molecule has 7 heteroatoms. The summed E-state index contributed by atoms with van der Waals surface area (Å²) in [5.41, 5.74) is 2.92. The predicted octanol–water partition coefficient (Wildman–Crippen LogP) is 3.24. The van der Waals surface area contributed by atoms with Gasteiger partial charge in [0.1, 0.15) is 5.82 Å². The molecule has 0 unspecified atom stereocenters. The van der Waals surface area contributed by atoms with Crippen molar-refractivity contribution < 1.29 is 12.8 Å². The highest BCUT2D eigenvalue weighted by Crippen LogP contribution is 2.24. The van der Waals surface area contributed by atoms with E-state index in [0.717, 1.165) is 16.3 Å². The molecule has 0 atom stereocenters. The number of rotatable bonds is 3. The highest BCUT2D eigenvalue weighted by atomic mass is 32.2. The van der Waals surface area contributed by atoms with Gasteiger partial charge >= 0.3 is 0 Å². The van der Waals surface area contributed by atoms with Gasteiger partial charge in [-0.2, -0.15) is 0 Å². The maximum atomic E-state index is 13.1. The molecule has 2 aromatic carbocycles. The fourth-order valence-electron chi connectivity index (χ4n) is 1.77. The normalized spacial score (nSPS) is 11.7. The van der Waals surface area contributed by atoms with Crippen molar-refractivity contribution in [3.8, 4) is 0 Å². The Bertz CT molecular complexity index is 875. The third-order valence-corrected chi connectivity index (χ3v) is 4.86. The smallest absolute Gasteiger partial charge is 0.261 e. The summed E-state index contributed by atoms with van der Waals surface area (Å²) in [5, 5.41) is 0. The zero-order chi connectivity index (χ0) is 14.2. The molecule has 0 aliphatic rings. The number of fused-ring (bicyclic) bond motifs is 1. The van der Waals surface area contributed by atoms with Gasteiger partial charge in [0.15, 0.2) is 0 Å². The van der Waals surface area contributed by atoms with Crippen LogP contribution >= 0.6 is 11.3 Å². The fourth-order valence-corrected chi connectivity index (χ4v) is 3.56. The van der Waals surface area contributed by atoms with Crippen molar-refractivity contribution in [2.75, 3.05) is 4.72 Å². The summed E-state index contributed by atoms with van der Waals surface area (Å²) < 4.78 is 40.7. The molecule has 0 aliphatic heterocycles. The second kappa shape index (κ2) is 4.84. The van der Waals surface area contributed by atoms with Gasteiger partial charge < -0.3 is 0 Å². The molecule has 1 heterocycles. The van der Waals surface area contributed by atoms with Crippen LogP contribution in [0, 0.1) is 5.82 Å². The van der Waals surface area contributed by atoms with Crippen LogP contribution < -0.4 is 4.72 Å². The van der Waals surface area contributed by atoms with Crippen LogP contribution in [0.2, 0.25) is 0 Å². The summed E-state index contributed by atoms with van der Waals surface area (Å²) in [6.07, 6.45) is 0. The van der Waals surface area contributed by atoms with Crippen molar-refractivity contribution in [2.45, 2.75) is 4.90 Å². The third kappa shape index (κ3) is 2.50. The van der Waals surface area contributed by atoms with Crippen LogP contribution in [0.4, 0.5) is 10.1 Å². The number of hydrogen-bond acceptors (Lipinski definition) is 4. The molecule has 3 aromatic rings. The molecule has 0 saturated carbocycles. The summed E-state index contributed by atoms with van der Waals surface area (Å²) >= 11 is 1.42. The molecule has 0 bridgehead atoms. The third-order valence-electron chi connectivity index (χ3n) is 2.69. The van der Waals surface area contributed by atoms with Crippen LogP contribution in [0.5, 0.6) is 0 Å². The van der Waals surface area contributed by atoms with Crippen molar-refractivity contribution in [1.29, 1.82) is 0 Å². The van der Waals surface area contributed by atoms with Crippen molar-refractivity contribution in [3.63, 3.8) is 0 Å². The monoisotopic (exact) mass is 308 g/mol. The Morgan fingerprint density at radius 2 is 2.00 bits per heavy atom. The summed E-state index contributed by atoms with van der Waals surface area (Å²) in [4.78, 5) is 4.01. The molecule has 4 nitrogen and oxygen atoms in total. The number of thiazole rings is 1. The van der Waals surface area contributed by atoms with Gasteiger partial charge in [-0.25, -0.2) is 17.8 Å². The zero-order valence-electron chi connectivity index (χ0n) is 10.1. The van der Waals surface area contributed by atoms with Crippen LogP contribution in [0.3, 0.4) is 0 Å². The van der Waals surface area contributed by atoms with Crippen LogP contribution in [-0.2, 0) is 10.0 Å². The highest BCUT2D eigenvalue weighted by molar-refractivity contribution is 7.92. The predicted molar refractivity (Wildman–Crippen MR) is 76.8 cm³/mol. The Kier molecular flexibility index (Phi) is 3.15. The quantitative estimate of drug-likeness (QED) is 0.808. The van der Waals surface area contributed by atoms with Crippen molar-refractivity contribution in [3.05, 3.63) is 53.8 Å². The molecular formula is C13H9FN2O2S2. The minimum atomic E-state index is -3.79. The van der Waals surface area contributed by atoms with Gasteiger partial charge in [-0.3, -0.25) is 4.72 Å². The SMILES string of the molecule is O=S(=O)(Nc1ccc2ncsc2c1)c1cccc(F)c1. The van der Waals surface area contributed by atoms with Crippen molar-refractivity contribution >= 4 is 37.3 Å². The average Bonchev–Trinajstić information content (AvgIpc) is 2.85. The Labute approximate surface area is 119 Å². The molecule has 102 valence electrons. The number of aromatic nitrogens is 1. The summed E-state index contributed by atoms with van der Waals surface area (Å²) in [6.45, 7) is 0. The van der Waals surface area contributed by atoms with Crippen LogP contribution in [0.15, 0.2) is 52.9 Å². The number of nitrogens with zero attached hydrogens (tertiary/aromatic N) is 1. The Morgan fingerprint density at radius 1 is 1.15 bits per heavy atom. The Morgan fingerprint density at radius 3 is 2.80 bits per heavy atom. The lowest BCUT2D eigenvalue weighted by atomic mass is 10.3. The minimum Gasteiger partial charge on any atom is -0.280 e. The minimum absolute atomic E-state index is 0.109. The maximum Gasteiger partial charge on any atom is 0.261 e. The van der Waals surface area contributed by atoms with Gasteiger partial charge in [0, 0.05) is 0 Å². The van der Waals surface area contributed by atoms with Crippen LogP contribution in [0.1, 0.15) is 0 Å². The van der Waals surface area contributed by atoms with E-state index in [-0.39, 0.29) is 4.90 Å². The molecule has 0 spiro atoms. The lowest BCUT2D eigenvalue weighted by Crippen LogP contribution is -2.12. The Hall–Kier alpha value is -1.99. The molecule has 20 heavy (non-hydrogen) atoms. The van der Waals surface area contributed by atoms with E-state index in [9.17, 15) is 12.8 Å². The van der Waals surface area contributed by atoms with E-state index < -0.39 is 15.8 Å². The standard InChI is InChI=1S/C13H9FN2O2S2/c14-9-2-1-3-11(6-9)20(17,18)16-10-4-5-12-13(7-10)19-8-15-12/h1-8,16H. The molecule has 0 amide bonds. The van der Waals surface area contributed by atoms with E-state index in [1.807, 2.05) is 0 Å². The second-order valence-electron chi connectivity index (χ2n) is 4.10. The van der Waals surface area contributed by atoms with Gasteiger partial charge in [-0.1, -0.05) is 6.07 Å². The molecule has 0 aliphatic carbocycles. The lowest BCUT2D eigenvalue weighted by molar-refractivity contribution is 0.595. The van der Waals surface area contributed by atoms with E-state index in [1.165, 1.54) is 29.5 Å². The Balaban J connectivity index is 1.96. The number of hydrogen-bond donors (Lipinski definition) is 1. The largest absolute Gasteiger partial charge is 0.280 e. The maximum absolute atomic E-state index is 13.1. The van der Waals surface area contributed by atoms with Gasteiger partial charge in [0.2, 0.25) is 0 Å². The van der Waals surface area contributed by atoms with E-state index in [1.54, 1.807) is 23.7 Å². The molecule has 0 fully saturated rings. The van der Waals surface area contributed by atoms with Gasteiger partial charge in [0.25, 0.3) is 10.0 Å². The first-order chi connectivity index (χ1) is 9.54. The molecular weight excluding hydrogens is 299 g/mol. The first-order valence-electron chi connectivity index (χ1n) is 5.66. The highest BCUT2D eigenvalue weighted by Gasteiger charge is 2.15.